The van der Waals surface area contributed by atoms with Crippen molar-refractivity contribution < 1.29 is 36.6 Å². The van der Waals surface area contributed by atoms with Gasteiger partial charge in [0.05, 0.1) is 11.5 Å². The molecule has 0 unspecified atom stereocenters. The number of carboxylic acid groups (broad SMARTS) is 1. The number of nitrogens with one attached hydrogen (secondary N) is 1. The summed E-state index contributed by atoms with van der Waals surface area (Å²) in [4.78, 5) is 9.17. The Morgan fingerprint density at radius 2 is 1.72 bits per heavy atom. The third-order valence-corrected chi connectivity index (χ3v) is 4.30. The number of halogens is 3. The van der Waals surface area contributed by atoms with Gasteiger partial charge in [0.15, 0.2) is 0 Å². The fourth-order valence-electron chi connectivity index (χ4n) is 1.51. The van der Waals surface area contributed by atoms with Crippen LogP contribution in [0.15, 0.2) is 35.2 Å². The molecule has 0 saturated carbocycles. The zero-order chi connectivity index (χ0) is 19.5. The van der Waals surface area contributed by atoms with Crippen molar-refractivity contribution in [3.8, 4) is 0 Å². The quantitative estimate of drug-likeness (QED) is 0.495. The van der Waals surface area contributed by atoms with Crippen LogP contribution in [-0.2, 0) is 14.8 Å². The van der Waals surface area contributed by atoms with E-state index in [1.54, 1.807) is 30.3 Å². The molecule has 7 nitrogen and oxygen atoms in total. The Morgan fingerprint density at radius 3 is 2.16 bits per heavy atom. The van der Waals surface area contributed by atoms with Gasteiger partial charge in [0, 0.05) is 12.6 Å². The molecule has 1 aromatic rings. The van der Waals surface area contributed by atoms with Crippen molar-refractivity contribution in [1.29, 1.82) is 0 Å². The molecule has 1 rings (SSSR count). The number of aliphatic carboxylic acids is 1. The Kier molecular flexibility index (Phi) is 10.3. The van der Waals surface area contributed by atoms with E-state index in [0.717, 1.165) is 6.42 Å². The van der Waals surface area contributed by atoms with Crippen molar-refractivity contribution >= 4 is 16.0 Å². The van der Waals surface area contributed by atoms with Crippen LogP contribution in [0.4, 0.5) is 13.2 Å². The molecule has 0 bridgehead atoms. The number of unbranched alkanes of at least 4 members (excludes halogenated alkanes) is 1. The van der Waals surface area contributed by atoms with E-state index in [4.69, 9.17) is 20.7 Å². The number of hydrogen-bond acceptors (Lipinski definition) is 5. The maximum absolute atomic E-state index is 11.8. The summed E-state index contributed by atoms with van der Waals surface area (Å²) >= 11 is 0. The molecule has 0 fully saturated rings. The number of aliphatic hydroxyl groups excluding tert-OH is 1. The number of sulfonamides is 1. The average molecular weight is 386 g/mol. The highest BCUT2D eigenvalue weighted by Gasteiger charge is 2.38. The van der Waals surface area contributed by atoms with Crippen LogP contribution in [0.25, 0.3) is 0 Å². The zero-order valence-electron chi connectivity index (χ0n) is 13.2. The van der Waals surface area contributed by atoms with Crippen LogP contribution in [0.2, 0.25) is 0 Å². The summed E-state index contributed by atoms with van der Waals surface area (Å²) < 4.78 is 57.9. The van der Waals surface area contributed by atoms with E-state index in [2.05, 4.69) is 4.72 Å². The summed E-state index contributed by atoms with van der Waals surface area (Å²) in [7, 11) is -3.40. The minimum absolute atomic E-state index is 0.0320. The van der Waals surface area contributed by atoms with Gasteiger partial charge in [-0.3, -0.25) is 0 Å². The normalized spacial score (nSPS) is 12.8. The first-order valence-electron chi connectivity index (χ1n) is 7.22. The molecular formula is C14H21F3N2O5S. The van der Waals surface area contributed by atoms with E-state index in [-0.39, 0.29) is 17.5 Å². The number of benzene rings is 1. The van der Waals surface area contributed by atoms with Gasteiger partial charge in [-0.05, 0) is 25.0 Å². The molecule has 0 spiro atoms. The highest BCUT2D eigenvalue weighted by Crippen LogP contribution is 2.13. The summed E-state index contributed by atoms with van der Waals surface area (Å²) in [6.45, 7) is 0.352. The van der Waals surface area contributed by atoms with Gasteiger partial charge in [0.2, 0.25) is 10.0 Å². The Morgan fingerprint density at radius 1 is 1.20 bits per heavy atom. The van der Waals surface area contributed by atoms with Crippen LogP contribution in [0.1, 0.15) is 19.3 Å². The van der Waals surface area contributed by atoms with Crippen LogP contribution in [0, 0.1) is 0 Å². The molecule has 0 radical (unpaired) electrons. The highest BCUT2D eigenvalue weighted by atomic mass is 32.2. The molecule has 11 heteroatoms. The SMILES string of the molecule is N[C@H](CO)CCCCNS(=O)(=O)c1ccccc1.O=C(O)C(F)(F)F. The summed E-state index contributed by atoms with van der Waals surface area (Å²) in [6.07, 6.45) is -2.89. The van der Waals surface area contributed by atoms with Crippen LogP contribution in [0.5, 0.6) is 0 Å². The smallest absolute Gasteiger partial charge is 0.475 e. The van der Waals surface area contributed by atoms with Crippen molar-refractivity contribution in [2.45, 2.75) is 36.4 Å². The van der Waals surface area contributed by atoms with E-state index >= 15 is 0 Å². The Bertz CT molecular complexity index is 609. The number of carbonyl (C=O) groups is 1. The molecule has 1 aromatic carbocycles. The second-order valence-electron chi connectivity index (χ2n) is 4.95. The van der Waals surface area contributed by atoms with Crippen LogP contribution in [0.3, 0.4) is 0 Å². The second-order valence-corrected chi connectivity index (χ2v) is 6.72. The number of rotatable bonds is 8. The fraction of sp³-hybridized carbons (Fsp3) is 0.500. The first-order chi connectivity index (χ1) is 11.5. The Labute approximate surface area is 143 Å². The lowest BCUT2D eigenvalue weighted by molar-refractivity contribution is -0.192. The number of hydrogen-bond donors (Lipinski definition) is 4. The average Bonchev–Trinajstić information content (AvgIpc) is 2.54. The fourth-order valence-corrected chi connectivity index (χ4v) is 2.61. The van der Waals surface area contributed by atoms with Gasteiger partial charge in [0.1, 0.15) is 0 Å². The van der Waals surface area contributed by atoms with E-state index in [0.29, 0.717) is 19.4 Å². The largest absolute Gasteiger partial charge is 0.490 e. The van der Waals surface area contributed by atoms with E-state index in [1.165, 1.54) is 0 Å². The third-order valence-electron chi connectivity index (χ3n) is 2.82. The topological polar surface area (TPSA) is 130 Å². The monoisotopic (exact) mass is 386 g/mol. The molecule has 0 amide bonds. The van der Waals surface area contributed by atoms with Crippen LogP contribution < -0.4 is 10.5 Å². The van der Waals surface area contributed by atoms with E-state index in [1.807, 2.05) is 0 Å². The van der Waals surface area contributed by atoms with Gasteiger partial charge >= 0.3 is 12.1 Å². The molecule has 0 aliphatic carbocycles. The van der Waals surface area contributed by atoms with Gasteiger partial charge in [-0.2, -0.15) is 13.2 Å². The van der Waals surface area contributed by atoms with Crippen LogP contribution in [-0.4, -0.2) is 50.0 Å². The molecule has 144 valence electrons. The number of nitrogens with two attached hydrogens (primary N) is 1. The van der Waals surface area contributed by atoms with Gasteiger partial charge < -0.3 is 15.9 Å². The predicted octanol–water partition coefficient (Wildman–Crippen LogP) is 1.09. The minimum Gasteiger partial charge on any atom is -0.475 e. The molecule has 0 saturated heterocycles. The van der Waals surface area contributed by atoms with E-state index in [9.17, 15) is 21.6 Å². The molecule has 1 atom stereocenters. The first-order valence-corrected chi connectivity index (χ1v) is 8.70. The molecule has 0 aliphatic rings. The van der Waals surface area contributed by atoms with Crippen LogP contribution >= 0.6 is 0 Å². The number of alkyl halides is 3. The van der Waals surface area contributed by atoms with Crippen molar-refractivity contribution in [2.24, 2.45) is 5.73 Å². The maximum Gasteiger partial charge on any atom is 0.490 e. The number of aliphatic hydroxyl groups is 1. The van der Waals surface area contributed by atoms with Gasteiger partial charge in [-0.15, -0.1) is 0 Å². The molecule has 0 aromatic heterocycles. The zero-order valence-corrected chi connectivity index (χ0v) is 14.1. The number of carboxylic acids is 1. The predicted molar refractivity (Wildman–Crippen MR) is 84.2 cm³/mol. The third kappa shape index (κ3) is 10.7. The lowest BCUT2D eigenvalue weighted by atomic mass is 10.1. The maximum atomic E-state index is 11.8. The Balaban J connectivity index is 0.000000697. The Hall–Kier alpha value is -1.69. The summed E-state index contributed by atoms with van der Waals surface area (Å²) in [6, 6.07) is 8.06. The summed E-state index contributed by atoms with van der Waals surface area (Å²) in [5, 5.41) is 15.9. The summed E-state index contributed by atoms with van der Waals surface area (Å²) in [5.74, 6) is -2.76. The van der Waals surface area contributed by atoms with Crippen molar-refractivity contribution in [1.82, 2.24) is 4.72 Å². The first kappa shape index (κ1) is 23.3. The summed E-state index contributed by atoms with van der Waals surface area (Å²) in [5.41, 5.74) is 5.54. The van der Waals surface area contributed by atoms with Crippen molar-refractivity contribution in [3.63, 3.8) is 0 Å². The molecule has 5 N–H and O–H groups in total. The lowest BCUT2D eigenvalue weighted by Crippen LogP contribution is -2.26. The second kappa shape index (κ2) is 11.0. The molecular weight excluding hydrogens is 365 g/mol. The lowest BCUT2D eigenvalue weighted by Gasteiger charge is -2.08. The molecule has 0 aliphatic heterocycles. The van der Waals surface area contributed by atoms with Crippen molar-refractivity contribution in [2.75, 3.05) is 13.2 Å². The van der Waals surface area contributed by atoms with E-state index < -0.39 is 22.2 Å². The van der Waals surface area contributed by atoms with Crippen molar-refractivity contribution in [3.05, 3.63) is 30.3 Å². The molecule has 25 heavy (non-hydrogen) atoms. The standard InChI is InChI=1S/C12H20N2O3S.C2HF3O2/c13-11(10-15)6-4-5-9-14-18(16,17)12-7-2-1-3-8-12;3-2(4,5)1(6)7/h1-3,7-8,11,14-15H,4-6,9-10,13H2;(H,6,7)/t11-;/m0./s1. The van der Waals surface area contributed by atoms with Gasteiger partial charge in [-0.25, -0.2) is 17.9 Å². The highest BCUT2D eigenvalue weighted by molar-refractivity contribution is 7.89. The minimum atomic E-state index is -5.08. The molecule has 0 heterocycles. The van der Waals surface area contributed by atoms with Gasteiger partial charge in [-0.1, -0.05) is 24.6 Å². The van der Waals surface area contributed by atoms with Gasteiger partial charge in [0.25, 0.3) is 0 Å².